The van der Waals surface area contributed by atoms with Crippen molar-refractivity contribution in [1.82, 2.24) is 10.5 Å². The van der Waals surface area contributed by atoms with Gasteiger partial charge in [-0.25, -0.2) is 4.79 Å². The first-order valence-corrected chi connectivity index (χ1v) is 11.0. The lowest BCUT2D eigenvalue weighted by atomic mass is 9.78. The fraction of sp³-hybridized carbons (Fsp3) is 0.500. The number of carbonyl (C=O) groups excluding carboxylic acids is 2. The first-order chi connectivity index (χ1) is 15.1. The quantitative estimate of drug-likeness (QED) is 0.589. The summed E-state index contributed by atoms with van der Waals surface area (Å²) in [6.45, 7) is 6.94. The Morgan fingerprint density at radius 1 is 1.09 bits per heavy atom. The highest BCUT2D eigenvalue weighted by Gasteiger charge is 2.33. The maximum Gasteiger partial charge on any atom is 0.328 e. The number of anilines is 1. The molecule has 8 heteroatoms. The SMILES string of the molecule is CC(C)c1cc(C(=O)Nc2ccc([C@H]3CC[C@@H](C(=O)NC(C)(C)C(=O)O)CC3)cc2)on1. The number of carboxylic acids is 1. The van der Waals surface area contributed by atoms with Crippen LogP contribution < -0.4 is 10.6 Å². The molecule has 1 fully saturated rings. The van der Waals surface area contributed by atoms with Crippen molar-refractivity contribution in [3.63, 3.8) is 0 Å². The fourth-order valence-electron chi connectivity index (χ4n) is 3.85. The van der Waals surface area contributed by atoms with E-state index in [1.807, 2.05) is 38.1 Å². The molecule has 3 N–H and O–H groups in total. The summed E-state index contributed by atoms with van der Waals surface area (Å²) >= 11 is 0. The van der Waals surface area contributed by atoms with Gasteiger partial charge >= 0.3 is 5.97 Å². The van der Waals surface area contributed by atoms with Crippen LogP contribution in [0, 0.1) is 5.92 Å². The van der Waals surface area contributed by atoms with Crippen LogP contribution in [-0.4, -0.2) is 33.6 Å². The summed E-state index contributed by atoms with van der Waals surface area (Å²) in [6, 6.07) is 9.37. The molecule has 1 saturated carbocycles. The van der Waals surface area contributed by atoms with Gasteiger partial charge in [-0.3, -0.25) is 9.59 Å². The van der Waals surface area contributed by atoms with Crippen LogP contribution in [0.25, 0.3) is 0 Å². The average molecular weight is 442 g/mol. The second-order valence-electron chi connectivity index (χ2n) is 9.31. The molecule has 2 aromatic rings. The fourth-order valence-corrected chi connectivity index (χ4v) is 3.85. The minimum atomic E-state index is -1.27. The number of aromatic nitrogens is 1. The Balaban J connectivity index is 1.53. The van der Waals surface area contributed by atoms with Gasteiger partial charge in [0.15, 0.2) is 0 Å². The summed E-state index contributed by atoms with van der Waals surface area (Å²) in [7, 11) is 0. The third kappa shape index (κ3) is 5.55. The van der Waals surface area contributed by atoms with E-state index < -0.39 is 11.5 Å². The lowest BCUT2D eigenvalue weighted by Crippen LogP contribution is -2.51. The van der Waals surface area contributed by atoms with Crippen LogP contribution in [0.5, 0.6) is 0 Å². The maximum atomic E-state index is 12.4. The zero-order chi connectivity index (χ0) is 23.5. The summed E-state index contributed by atoms with van der Waals surface area (Å²) in [5.74, 6) is -1.05. The molecule has 0 aliphatic heterocycles. The Morgan fingerprint density at radius 3 is 2.25 bits per heavy atom. The summed E-state index contributed by atoms with van der Waals surface area (Å²) in [6.07, 6.45) is 3.14. The number of carboxylic acid groups (broad SMARTS) is 1. The number of nitrogens with one attached hydrogen (secondary N) is 2. The molecule has 172 valence electrons. The highest BCUT2D eigenvalue weighted by Crippen LogP contribution is 2.36. The van der Waals surface area contributed by atoms with Gasteiger partial charge in [-0.05, 0) is 69.1 Å². The smallest absolute Gasteiger partial charge is 0.328 e. The van der Waals surface area contributed by atoms with Gasteiger partial charge in [-0.1, -0.05) is 31.1 Å². The van der Waals surface area contributed by atoms with Crippen molar-refractivity contribution < 1.29 is 24.0 Å². The molecule has 0 radical (unpaired) electrons. The molecule has 1 aromatic carbocycles. The summed E-state index contributed by atoms with van der Waals surface area (Å²) in [4.78, 5) is 36.0. The minimum absolute atomic E-state index is 0.166. The van der Waals surface area contributed by atoms with Crippen LogP contribution >= 0.6 is 0 Å². The van der Waals surface area contributed by atoms with Crippen molar-refractivity contribution in [2.24, 2.45) is 5.92 Å². The second-order valence-corrected chi connectivity index (χ2v) is 9.31. The number of amides is 2. The van der Waals surface area contributed by atoms with E-state index in [9.17, 15) is 19.5 Å². The van der Waals surface area contributed by atoms with Crippen LogP contribution in [0.3, 0.4) is 0 Å². The second kappa shape index (κ2) is 9.54. The molecule has 0 unspecified atom stereocenters. The lowest BCUT2D eigenvalue weighted by Gasteiger charge is -2.30. The molecular formula is C24H31N3O5. The van der Waals surface area contributed by atoms with Crippen LogP contribution in [0.15, 0.2) is 34.9 Å². The Hall–Kier alpha value is -3.16. The van der Waals surface area contributed by atoms with Gasteiger partial charge in [-0.2, -0.15) is 0 Å². The van der Waals surface area contributed by atoms with E-state index in [4.69, 9.17) is 4.52 Å². The van der Waals surface area contributed by atoms with Gasteiger partial charge < -0.3 is 20.3 Å². The number of hydrogen-bond donors (Lipinski definition) is 3. The largest absolute Gasteiger partial charge is 0.480 e. The van der Waals surface area contributed by atoms with Crippen molar-refractivity contribution in [3.05, 3.63) is 47.3 Å². The van der Waals surface area contributed by atoms with Gasteiger partial charge in [0.1, 0.15) is 5.54 Å². The van der Waals surface area contributed by atoms with Gasteiger partial charge in [-0.15, -0.1) is 0 Å². The van der Waals surface area contributed by atoms with Crippen LogP contribution in [0.1, 0.15) is 87.0 Å². The zero-order valence-electron chi connectivity index (χ0n) is 19.0. The van der Waals surface area contributed by atoms with Crippen molar-refractivity contribution in [1.29, 1.82) is 0 Å². The Kier molecular flexibility index (Phi) is 7.01. The number of rotatable bonds is 7. The van der Waals surface area contributed by atoms with Crippen LogP contribution in [0.2, 0.25) is 0 Å². The zero-order valence-corrected chi connectivity index (χ0v) is 19.0. The monoisotopic (exact) mass is 441 g/mol. The highest BCUT2D eigenvalue weighted by molar-refractivity contribution is 6.02. The predicted molar refractivity (Wildman–Crippen MR) is 120 cm³/mol. The summed E-state index contributed by atoms with van der Waals surface area (Å²) in [5, 5.41) is 18.6. The average Bonchev–Trinajstić information content (AvgIpc) is 3.25. The van der Waals surface area contributed by atoms with E-state index in [0.29, 0.717) is 24.4 Å². The third-order valence-corrected chi connectivity index (χ3v) is 6.05. The number of carbonyl (C=O) groups is 3. The highest BCUT2D eigenvalue weighted by atomic mass is 16.5. The first kappa shape index (κ1) is 23.5. The molecular weight excluding hydrogens is 410 g/mol. The topological polar surface area (TPSA) is 122 Å². The molecule has 8 nitrogen and oxygen atoms in total. The summed E-state index contributed by atoms with van der Waals surface area (Å²) < 4.78 is 5.12. The van der Waals surface area contributed by atoms with Crippen molar-refractivity contribution in [3.8, 4) is 0 Å². The molecule has 0 saturated heterocycles. The Bertz CT molecular complexity index is 970. The van der Waals surface area contributed by atoms with Gasteiger partial charge in [0.05, 0.1) is 5.69 Å². The Labute approximate surface area is 187 Å². The molecule has 1 aliphatic rings. The molecule has 2 amide bonds. The van der Waals surface area contributed by atoms with E-state index in [-0.39, 0.29) is 29.4 Å². The van der Waals surface area contributed by atoms with E-state index >= 15 is 0 Å². The van der Waals surface area contributed by atoms with E-state index in [1.54, 1.807) is 6.07 Å². The molecule has 0 spiro atoms. The van der Waals surface area contributed by atoms with E-state index in [2.05, 4.69) is 15.8 Å². The number of benzene rings is 1. The molecule has 0 atom stereocenters. The van der Waals surface area contributed by atoms with Gasteiger partial charge in [0, 0.05) is 17.7 Å². The minimum Gasteiger partial charge on any atom is -0.480 e. The standard InChI is InChI=1S/C24H31N3O5/c1-14(2)19-13-20(32-27-19)22(29)25-18-11-9-16(10-12-18)15-5-7-17(8-6-15)21(28)26-24(3,4)23(30)31/h9-15,17H,5-8H2,1-4H3,(H,25,29)(H,26,28)(H,30,31)/t15-,17+. The van der Waals surface area contributed by atoms with Crippen LogP contribution in [-0.2, 0) is 9.59 Å². The number of nitrogens with zero attached hydrogens (tertiary/aromatic N) is 1. The summed E-state index contributed by atoms with van der Waals surface area (Å²) in [5.41, 5.74) is 1.30. The van der Waals surface area contributed by atoms with Crippen LogP contribution in [0.4, 0.5) is 5.69 Å². The van der Waals surface area contributed by atoms with Gasteiger partial charge in [0.25, 0.3) is 5.91 Å². The normalized spacial score (nSPS) is 18.9. The number of hydrogen-bond acceptors (Lipinski definition) is 5. The lowest BCUT2D eigenvalue weighted by molar-refractivity contribution is -0.146. The maximum absolute atomic E-state index is 12.4. The van der Waals surface area contributed by atoms with Crippen molar-refractivity contribution >= 4 is 23.5 Å². The third-order valence-electron chi connectivity index (χ3n) is 6.05. The predicted octanol–water partition coefficient (Wildman–Crippen LogP) is 4.30. The molecule has 3 rings (SSSR count). The van der Waals surface area contributed by atoms with Gasteiger partial charge in [0.2, 0.25) is 11.7 Å². The van der Waals surface area contributed by atoms with E-state index in [0.717, 1.165) is 24.1 Å². The van der Waals surface area contributed by atoms with Crippen molar-refractivity contribution in [2.75, 3.05) is 5.32 Å². The number of aliphatic carboxylic acids is 1. The molecule has 32 heavy (non-hydrogen) atoms. The molecule has 1 heterocycles. The van der Waals surface area contributed by atoms with E-state index in [1.165, 1.54) is 13.8 Å². The first-order valence-electron chi connectivity index (χ1n) is 11.0. The molecule has 1 aliphatic carbocycles. The van der Waals surface area contributed by atoms with Crippen molar-refractivity contribution in [2.45, 2.75) is 70.8 Å². The Morgan fingerprint density at radius 2 is 1.72 bits per heavy atom. The molecule has 1 aromatic heterocycles. The molecule has 0 bridgehead atoms.